The fourth-order valence-electron chi connectivity index (χ4n) is 3.18. The van der Waals surface area contributed by atoms with Crippen LogP contribution in [0.2, 0.25) is 0 Å². The average Bonchev–Trinajstić information content (AvgIpc) is 2.82. The first-order chi connectivity index (χ1) is 15.8. The summed E-state index contributed by atoms with van der Waals surface area (Å²) >= 11 is 0. The van der Waals surface area contributed by atoms with Gasteiger partial charge < -0.3 is 14.8 Å². The zero-order valence-corrected chi connectivity index (χ0v) is 19.8. The Hall–Kier alpha value is -3.52. The van der Waals surface area contributed by atoms with E-state index < -0.39 is 15.9 Å². The third kappa shape index (κ3) is 6.26. The van der Waals surface area contributed by atoms with Crippen molar-refractivity contribution in [3.8, 4) is 11.5 Å². The molecule has 0 heterocycles. The molecule has 3 rings (SSSR count). The van der Waals surface area contributed by atoms with Gasteiger partial charge in [-0.25, -0.2) is 8.42 Å². The van der Waals surface area contributed by atoms with Crippen molar-refractivity contribution < 1.29 is 22.7 Å². The van der Waals surface area contributed by atoms with Crippen molar-refractivity contribution >= 4 is 21.6 Å². The number of nitrogens with one attached hydrogen (secondary N) is 1. The fourth-order valence-corrected chi connectivity index (χ4v) is 4.61. The summed E-state index contributed by atoms with van der Waals surface area (Å²) in [5.74, 6) is 0.875. The van der Waals surface area contributed by atoms with Crippen LogP contribution in [0.4, 0.5) is 5.69 Å². The van der Waals surface area contributed by atoms with Gasteiger partial charge >= 0.3 is 0 Å². The van der Waals surface area contributed by atoms with Crippen LogP contribution in [0.1, 0.15) is 11.1 Å². The van der Waals surface area contributed by atoms with Crippen LogP contribution >= 0.6 is 0 Å². The maximum Gasteiger partial charge on any atom is 0.264 e. The van der Waals surface area contributed by atoms with Gasteiger partial charge in [0, 0.05) is 0 Å². The molecule has 3 aromatic carbocycles. The molecule has 8 heteroatoms. The number of rotatable bonds is 10. The zero-order chi connectivity index (χ0) is 23.8. The van der Waals surface area contributed by atoms with Crippen LogP contribution in [0.5, 0.6) is 11.5 Å². The van der Waals surface area contributed by atoms with E-state index in [-0.39, 0.29) is 24.6 Å². The lowest BCUT2D eigenvalue weighted by Crippen LogP contribution is -2.41. The van der Waals surface area contributed by atoms with Gasteiger partial charge in [0.15, 0.2) is 0 Å². The molecule has 0 radical (unpaired) electrons. The van der Waals surface area contributed by atoms with Gasteiger partial charge in [-0.2, -0.15) is 0 Å². The molecule has 0 saturated carbocycles. The fraction of sp³-hybridized carbons (Fsp3) is 0.240. The van der Waals surface area contributed by atoms with Crippen LogP contribution in [-0.4, -0.2) is 41.1 Å². The third-order valence-corrected chi connectivity index (χ3v) is 6.79. The van der Waals surface area contributed by atoms with E-state index in [0.29, 0.717) is 11.4 Å². The monoisotopic (exact) mass is 468 g/mol. The number of nitrogens with zero attached hydrogens (tertiary/aromatic N) is 1. The van der Waals surface area contributed by atoms with Crippen molar-refractivity contribution in [3.63, 3.8) is 0 Å². The molecule has 1 amide bonds. The molecule has 0 fully saturated rings. The molecule has 0 aliphatic carbocycles. The van der Waals surface area contributed by atoms with Crippen molar-refractivity contribution in [2.45, 2.75) is 18.7 Å². The highest BCUT2D eigenvalue weighted by atomic mass is 32.2. The average molecular weight is 469 g/mol. The lowest BCUT2D eigenvalue weighted by atomic mass is 10.1. The number of sulfonamides is 1. The summed E-state index contributed by atoms with van der Waals surface area (Å²) in [4.78, 5) is 12.7. The van der Waals surface area contributed by atoms with Crippen LogP contribution < -0.4 is 19.1 Å². The van der Waals surface area contributed by atoms with Crippen molar-refractivity contribution in [1.29, 1.82) is 0 Å². The lowest BCUT2D eigenvalue weighted by Gasteiger charge is -2.24. The number of ether oxygens (including phenoxy) is 2. The molecule has 174 valence electrons. The molecule has 0 saturated heterocycles. The van der Waals surface area contributed by atoms with Gasteiger partial charge in [0.25, 0.3) is 10.0 Å². The molecule has 0 spiro atoms. The quantitative estimate of drug-likeness (QED) is 0.459. The van der Waals surface area contributed by atoms with E-state index in [9.17, 15) is 13.2 Å². The summed E-state index contributed by atoms with van der Waals surface area (Å²) in [5, 5.41) is 2.74. The molecule has 0 unspecified atom stereocenters. The summed E-state index contributed by atoms with van der Waals surface area (Å²) in [6, 6.07) is 20.5. The maximum absolute atomic E-state index is 13.3. The van der Waals surface area contributed by atoms with Crippen LogP contribution in [0, 0.1) is 13.8 Å². The third-order valence-electron chi connectivity index (χ3n) is 5.00. The molecule has 0 aliphatic heterocycles. The first kappa shape index (κ1) is 24.1. The molecular formula is C25H28N2O5S. The van der Waals surface area contributed by atoms with Gasteiger partial charge in [-0.05, 0) is 67.4 Å². The number of amides is 1. The van der Waals surface area contributed by atoms with Gasteiger partial charge in [-0.1, -0.05) is 30.3 Å². The van der Waals surface area contributed by atoms with Crippen molar-refractivity contribution in [3.05, 3.63) is 83.9 Å². The zero-order valence-electron chi connectivity index (χ0n) is 18.9. The Bertz CT molecular complexity index is 1180. The highest BCUT2D eigenvalue weighted by Crippen LogP contribution is 2.25. The van der Waals surface area contributed by atoms with Crippen molar-refractivity contribution in [2.24, 2.45) is 0 Å². The van der Waals surface area contributed by atoms with Gasteiger partial charge in [-0.15, -0.1) is 0 Å². The van der Waals surface area contributed by atoms with E-state index in [2.05, 4.69) is 5.32 Å². The minimum absolute atomic E-state index is 0.0678. The van der Waals surface area contributed by atoms with E-state index in [0.717, 1.165) is 21.2 Å². The number of para-hydroxylation sites is 1. The summed E-state index contributed by atoms with van der Waals surface area (Å²) in [5.41, 5.74) is 2.49. The van der Waals surface area contributed by atoms with Crippen LogP contribution in [0.3, 0.4) is 0 Å². The first-order valence-electron chi connectivity index (χ1n) is 10.5. The summed E-state index contributed by atoms with van der Waals surface area (Å²) in [6.07, 6.45) is 0. The smallest absolute Gasteiger partial charge is 0.264 e. The minimum atomic E-state index is -3.97. The van der Waals surface area contributed by atoms with E-state index in [1.165, 1.54) is 19.2 Å². The molecule has 0 aromatic heterocycles. The number of carbonyl (C=O) groups is 1. The van der Waals surface area contributed by atoms with E-state index in [1.807, 2.05) is 32.0 Å². The second-order valence-electron chi connectivity index (χ2n) is 7.49. The molecule has 7 nitrogen and oxygen atoms in total. The molecular weight excluding hydrogens is 440 g/mol. The number of aryl methyl sites for hydroxylation is 2. The Labute approximate surface area is 195 Å². The maximum atomic E-state index is 13.3. The van der Waals surface area contributed by atoms with Crippen LogP contribution in [0.15, 0.2) is 77.7 Å². The van der Waals surface area contributed by atoms with Gasteiger partial charge in [0.2, 0.25) is 5.91 Å². The predicted molar refractivity (Wildman–Crippen MR) is 128 cm³/mol. The number of anilines is 1. The highest BCUT2D eigenvalue weighted by Gasteiger charge is 2.27. The van der Waals surface area contributed by atoms with E-state index in [4.69, 9.17) is 9.47 Å². The molecule has 0 bridgehead atoms. The largest absolute Gasteiger partial charge is 0.497 e. The van der Waals surface area contributed by atoms with Crippen LogP contribution in [0.25, 0.3) is 0 Å². The lowest BCUT2D eigenvalue weighted by molar-refractivity contribution is -0.119. The highest BCUT2D eigenvalue weighted by molar-refractivity contribution is 7.92. The SMILES string of the molecule is COc1ccc(S(=O)(=O)N(CC(=O)NCCOc2cc(C)ccc2C)c2ccccc2)cc1. The minimum Gasteiger partial charge on any atom is -0.497 e. The topological polar surface area (TPSA) is 84.9 Å². The van der Waals surface area contributed by atoms with Crippen molar-refractivity contribution in [2.75, 3.05) is 31.1 Å². The number of methoxy groups -OCH3 is 1. The predicted octanol–water partition coefficient (Wildman–Crippen LogP) is 3.70. The summed E-state index contributed by atoms with van der Waals surface area (Å²) < 4.78 is 38.6. The summed E-state index contributed by atoms with van der Waals surface area (Å²) in [6.45, 7) is 4.09. The van der Waals surface area contributed by atoms with E-state index in [1.54, 1.807) is 42.5 Å². The Morgan fingerprint density at radius 2 is 1.67 bits per heavy atom. The molecule has 0 aliphatic rings. The van der Waals surface area contributed by atoms with Crippen LogP contribution in [-0.2, 0) is 14.8 Å². The first-order valence-corrected chi connectivity index (χ1v) is 11.9. The number of hydrogen-bond acceptors (Lipinski definition) is 5. The number of benzene rings is 3. The summed E-state index contributed by atoms with van der Waals surface area (Å²) in [7, 11) is -2.46. The van der Waals surface area contributed by atoms with Gasteiger partial charge in [0.05, 0.1) is 24.2 Å². The second-order valence-corrected chi connectivity index (χ2v) is 9.35. The Kier molecular flexibility index (Phi) is 7.95. The van der Waals surface area contributed by atoms with Gasteiger partial charge in [-0.3, -0.25) is 9.10 Å². The molecule has 33 heavy (non-hydrogen) atoms. The molecule has 1 N–H and O–H groups in total. The number of hydrogen-bond donors (Lipinski definition) is 1. The molecule has 0 atom stereocenters. The standard InChI is InChI=1S/C25H28N2O5S/c1-19-9-10-20(2)24(17-19)32-16-15-26-25(28)18-27(21-7-5-4-6-8-21)33(29,30)23-13-11-22(31-3)12-14-23/h4-14,17H,15-16,18H2,1-3H3,(H,26,28). The van der Waals surface area contributed by atoms with E-state index >= 15 is 0 Å². The Morgan fingerprint density at radius 1 is 0.970 bits per heavy atom. The Morgan fingerprint density at radius 3 is 2.33 bits per heavy atom. The molecule has 3 aromatic rings. The van der Waals surface area contributed by atoms with Gasteiger partial charge in [0.1, 0.15) is 24.7 Å². The normalized spacial score (nSPS) is 11.0. The second kappa shape index (κ2) is 10.9. The van der Waals surface area contributed by atoms with Crippen molar-refractivity contribution in [1.82, 2.24) is 5.32 Å². The number of carbonyl (C=O) groups excluding carboxylic acids is 1. The Balaban J connectivity index is 1.68.